The zero-order valence-electron chi connectivity index (χ0n) is 13.4. The van der Waals surface area contributed by atoms with E-state index in [0.29, 0.717) is 6.42 Å². The predicted octanol–water partition coefficient (Wildman–Crippen LogP) is 2.31. The van der Waals surface area contributed by atoms with Gasteiger partial charge in [-0.1, -0.05) is 37.3 Å². The number of piperidine rings is 3. The number of rotatable bonds is 4. The number of nitrogens with zero attached hydrogens (tertiary/aromatic N) is 1. The van der Waals surface area contributed by atoms with Gasteiger partial charge in [0, 0.05) is 13.1 Å². The molecule has 3 aliphatic heterocycles. The number of ether oxygens (including phenoxy) is 1. The largest absolute Gasteiger partial charge is 0.443 e. The zero-order chi connectivity index (χ0) is 15.7. The Labute approximate surface area is 132 Å². The van der Waals surface area contributed by atoms with Crippen molar-refractivity contribution in [2.24, 2.45) is 5.92 Å². The Kier molecular flexibility index (Phi) is 4.24. The molecule has 3 unspecified atom stereocenters. The maximum absolute atomic E-state index is 12.8. The van der Waals surface area contributed by atoms with Gasteiger partial charge < -0.3 is 9.84 Å². The van der Waals surface area contributed by atoms with Gasteiger partial charge in [0.15, 0.2) is 6.23 Å². The molecule has 2 bridgehead atoms. The monoisotopic (exact) mass is 303 g/mol. The Morgan fingerprint density at radius 2 is 1.95 bits per heavy atom. The molecule has 4 heteroatoms. The van der Waals surface area contributed by atoms with E-state index in [4.69, 9.17) is 4.74 Å². The first-order valence-electron chi connectivity index (χ1n) is 8.25. The van der Waals surface area contributed by atoms with Gasteiger partial charge in [-0.05, 0) is 37.7 Å². The van der Waals surface area contributed by atoms with Gasteiger partial charge in [0.05, 0.1) is 5.41 Å². The highest BCUT2D eigenvalue weighted by atomic mass is 16.6. The van der Waals surface area contributed by atoms with Gasteiger partial charge in [-0.15, -0.1) is 0 Å². The van der Waals surface area contributed by atoms with Crippen LogP contribution in [0.5, 0.6) is 0 Å². The lowest BCUT2D eigenvalue weighted by atomic mass is 9.80. The van der Waals surface area contributed by atoms with E-state index in [-0.39, 0.29) is 11.9 Å². The summed E-state index contributed by atoms with van der Waals surface area (Å²) in [6.45, 7) is 5.74. The second-order valence-corrected chi connectivity index (χ2v) is 6.71. The Morgan fingerprint density at radius 3 is 2.50 bits per heavy atom. The Hall–Kier alpha value is -1.39. The van der Waals surface area contributed by atoms with E-state index >= 15 is 0 Å². The number of fused-ring (bicyclic) bond motifs is 3. The first kappa shape index (κ1) is 15.5. The molecule has 0 spiro atoms. The maximum atomic E-state index is 12.8. The summed E-state index contributed by atoms with van der Waals surface area (Å²) < 4.78 is 5.78. The molecule has 3 heterocycles. The van der Waals surface area contributed by atoms with Crippen molar-refractivity contribution in [1.29, 1.82) is 0 Å². The lowest BCUT2D eigenvalue weighted by Gasteiger charge is -2.48. The summed E-state index contributed by atoms with van der Waals surface area (Å²) in [4.78, 5) is 14.9. The van der Waals surface area contributed by atoms with Crippen molar-refractivity contribution >= 4 is 5.97 Å². The lowest BCUT2D eigenvalue weighted by Crippen LogP contribution is -2.60. The van der Waals surface area contributed by atoms with Gasteiger partial charge in [0.1, 0.15) is 6.10 Å². The van der Waals surface area contributed by atoms with Crippen molar-refractivity contribution in [1.82, 2.24) is 4.90 Å². The molecule has 3 fully saturated rings. The summed E-state index contributed by atoms with van der Waals surface area (Å²) in [5.41, 5.74) is 0.298. The molecule has 0 amide bonds. The average Bonchev–Trinajstić information content (AvgIpc) is 2.58. The van der Waals surface area contributed by atoms with Crippen molar-refractivity contribution in [3.63, 3.8) is 0 Å². The first-order valence-corrected chi connectivity index (χ1v) is 8.25. The van der Waals surface area contributed by atoms with Crippen LogP contribution in [0.3, 0.4) is 0 Å². The van der Waals surface area contributed by atoms with Crippen molar-refractivity contribution in [3.05, 3.63) is 35.9 Å². The van der Waals surface area contributed by atoms with E-state index in [1.807, 2.05) is 44.2 Å². The van der Waals surface area contributed by atoms with E-state index in [1.165, 1.54) is 0 Å². The second-order valence-electron chi connectivity index (χ2n) is 6.71. The molecule has 1 aromatic carbocycles. The molecule has 1 aromatic rings. The number of benzene rings is 1. The summed E-state index contributed by atoms with van der Waals surface area (Å²) in [6, 6.07) is 9.76. The number of hydrogen-bond acceptors (Lipinski definition) is 4. The van der Waals surface area contributed by atoms with Crippen molar-refractivity contribution < 1.29 is 14.6 Å². The van der Waals surface area contributed by atoms with Gasteiger partial charge in [-0.3, -0.25) is 9.69 Å². The Morgan fingerprint density at radius 1 is 1.32 bits per heavy atom. The van der Waals surface area contributed by atoms with Crippen LogP contribution >= 0.6 is 0 Å². The molecule has 0 saturated carbocycles. The fourth-order valence-corrected chi connectivity index (χ4v) is 3.62. The van der Waals surface area contributed by atoms with Crippen LogP contribution in [0.15, 0.2) is 30.3 Å². The summed E-state index contributed by atoms with van der Waals surface area (Å²) in [7, 11) is 0. The lowest BCUT2D eigenvalue weighted by molar-refractivity contribution is -0.204. The number of carbonyl (C=O) groups is 1. The van der Waals surface area contributed by atoms with E-state index in [2.05, 4.69) is 4.90 Å². The molecule has 3 atom stereocenters. The molecule has 120 valence electrons. The van der Waals surface area contributed by atoms with E-state index in [0.717, 1.165) is 31.5 Å². The third-order valence-electron chi connectivity index (χ3n) is 5.51. The summed E-state index contributed by atoms with van der Waals surface area (Å²) in [6.07, 6.45) is 1.64. The minimum atomic E-state index is -0.668. The topological polar surface area (TPSA) is 49.8 Å². The molecule has 0 aromatic heterocycles. The maximum Gasteiger partial charge on any atom is 0.317 e. The number of carbonyl (C=O) groups excluding carboxylic acids is 1. The van der Waals surface area contributed by atoms with E-state index < -0.39 is 17.7 Å². The number of aliphatic hydroxyl groups is 1. The summed E-state index contributed by atoms with van der Waals surface area (Å²) >= 11 is 0. The van der Waals surface area contributed by atoms with Gasteiger partial charge in [-0.25, -0.2) is 0 Å². The van der Waals surface area contributed by atoms with Gasteiger partial charge >= 0.3 is 5.97 Å². The summed E-state index contributed by atoms with van der Waals surface area (Å²) in [5.74, 6) is 0.0326. The van der Waals surface area contributed by atoms with Gasteiger partial charge in [0.25, 0.3) is 0 Å². The molecule has 0 radical (unpaired) electrons. The third kappa shape index (κ3) is 2.55. The zero-order valence-corrected chi connectivity index (χ0v) is 13.4. The van der Waals surface area contributed by atoms with Crippen molar-refractivity contribution in [2.45, 2.75) is 50.9 Å². The average molecular weight is 303 g/mol. The van der Waals surface area contributed by atoms with Crippen LogP contribution in [-0.4, -0.2) is 41.4 Å². The molecule has 4 rings (SSSR count). The second kappa shape index (κ2) is 6.01. The highest BCUT2D eigenvalue weighted by Crippen LogP contribution is 2.35. The van der Waals surface area contributed by atoms with E-state index in [1.54, 1.807) is 0 Å². The minimum absolute atomic E-state index is 0.238. The van der Waals surface area contributed by atoms with E-state index in [9.17, 15) is 9.90 Å². The number of esters is 1. The molecule has 0 aliphatic carbocycles. The number of hydrogen-bond donors (Lipinski definition) is 1. The molecule has 3 saturated heterocycles. The van der Waals surface area contributed by atoms with Crippen LogP contribution in [0.25, 0.3) is 0 Å². The van der Waals surface area contributed by atoms with Crippen molar-refractivity contribution in [3.8, 4) is 0 Å². The molecule has 22 heavy (non-hydrogen) atoms. The molecule has 4 nitrogen and oxygen atoms in total. The quantitative estimate of drug-likeness (QED) is 0.867. The van der Waals surface area contributed by atoms with Crippen LogP contribution in [0.2, 0.25) is 0 Å². The summed E-state index contributed by atoms with van der Waals surface area (Å²) in [5, 5.41) is 10.4. The van der Waals surface area contributed by atoms with Gasteiger partial charge in [-0.2, -0.15) is 0 Å². The fourth-order valence-electron chi connectivity index (χ4n) is 3.62. The molecular formula is C18H25NO3. The van der Waals surface area contributed by atoms with Crippen LogP contribution in [0.1, 0.15) is 38.7 Å². The third-order valence-corrected chi connectivity index (χ3v) is 5.51. The minimum Gasteiger partial charge on any atom is -0.443 e. The van der Waals surface area contributed by atoms with Crippen molar-refractivity contribution in [2.75, 3.05) is 13.1 Å². The predicted molar refractivity (Wildman–Crippen MR) is 84.3 cm³/mol. The Bertz CT molecular complexity index is 522. The molecular weight excluding hydrogens is 278 g/mol. The standard InChI is InChI=1S/C18H25NO3/c1-3-18(2,14-7-5-4-6-8-14)17(21)22-16-15(20)13-9-11-19(16)12-10-13/h4-8,13,15-16,20H,3,9-12H2,1-2H3. The molecule has 1 N–H and O–H groups in total. The fraction of sp³-hybridized carbons (Fsp3) is 0.611. The van der Waals surface area contributed by atoms with Crippen LogP contribution in [0.4, 0.5) is 0 Å². The van der Waals surface area contributed by atoms with Crippen LogP contribution in [0, 0.1) is 5.92 Å². The van der Waals surface area contributed by atoms with Crippen LogP contribution < -0.4 is 0 Å². The molecule has 3 aliphatic rings. The van der Waals surface area contributed by atoms with Crippen LogP contribution in [-0.2, 0) is 14.9 Å². The SMILES string of the molecule is CCC(C)(C(=O)OC1C(O)C2CCN1CC2)c1ccccc1. The van der Waals surface area contributed by atoms with Gasteiger partial charge in [0.2, 0.25) is 0 Å². The number of aliphatic hydroxyl groups excluding tert-OH is 1. The Balaban J connectivity index is 1.78. The smallest absolute Gasteiger partial charge is 0.317 e. The normalized spacial score (nSPS) is 33.2. The highest BCUT2D eigenvalue weighted by molar-refractivity contribution is 5.82. The first-order chi connectivity index (χ1) is 10.6. The highest BCUT2D eigenvalue weighted by Gasteiger charge is 2.46.